The van der Waals surface area contributed by atoms with Gasteiger partial charge in [0.1, 0.15) is 11.5 Å². The summed E-state index contributed by atoms with van der Waals surface area (Å²) < 4.78 is 5.11. The van der Waals surface area contributed by atoms with Crippen LogP contribution in [0, 0.1) is 13.8 Å². The van der Waals surface area contributed by atoms with E-state index in [2.05, 4.69) is 15.0 Å². The number of benzene rings is 1. The van der Waals surface area contributed by atoms with Crippen LogP contribution in [-0.4, -0.2) is 44.9 Å². The first-order valence-corrected chi connectivity index (χ1v) is 10.5. The van der Waals surface area contributed by atoms with Gasteiger partial charge in [0.2, 0.25) is 0 Å². The molecule has 0 atom stereocenters. The van der Waals surface area contributed by atoms with E-state index < -0.39 is 5.97 Å². The van der Waals surface area contributed by atoms with Crippen molar-refractivity contribution in [2.24, 2.45) is 0 Å². The van der Waals surface area contributed by atoms with Gasteiger partial charge in [-0.3, -0.25) is 9.59 Å². The number of aryl methyl sites for hydroxylation is 1. The Morgan fingerprint density at radius 1 is 1.19 bits per heavy atom. The van der Waals surface area contributed by atoms with Crippen LogP contribution in [0.3, 0.4) is 0 Å². The maximum atomic E-state index is 13.3. The smallest absolute Gasteiger partial charge is 0.340 e. The number of ether oxygens (including phenoxy) is 1. The SMILES string of the molecule is CCCN(Cc1nc2cc(Cl)ccc2c(=O)[nH]1)C(=O)c1[nH]c(C)c(C(=O)OCC)c1C. The molecule has 0 aliphatic carbocycles. The van der Waals surface area contributed by atoms with Crippen molar-refractivity contribution in [3.8, 4) is 0 Å². The molecule has 0 radical (unpaired) electrons. The number of fused-ring (bicyclic) bond motifs is 1. The van der Waals surface area contributed by atoms with Crippen LogP contribution in [0.2, 0.25) is 5.02 Å². The highest BCUT2D eigenvalue weighted by molar-refractivity contribution is 6.31. The molecule has 1 amide bonds. The summed E-state index contributed by atoms with van der Waals surface area (Å²) in [5, 5.41) is 0.901. The third kappa shape index (κ3) is 4.64. The number of esters is 1. The number of hydrogen-bond donors (Lipinski definition) is 2. The van der Waals surface area contributed by atoms with Crippen LogP contribution in [0.1, 0.15) is 58.2 Å². The number of H-pyrrole nitrogens is 2. The minimum atomic E-state index is -0.466. The Labute approximate surface area is 184 Å². The van der Waals surface area contributed by atoms with Crippen LogP contribution in [0.15, 0.2) is 23.0 Å². The van der Waals surface area contributed by atoms with Crippen molar-refractivity contribution in [3.05, 3.63) is 61.9 Å². The lowest BCUT2D eigenvalue weighted by Gasteiger charge is -2.21. The van der Waals surface area contributed by atoms with Gasteiger partial charge in [-0.1, -0.05) is 18.5 Å². The van der Waals surface area contributed by atoms with E-state index in [0.717, 1.165) is 0 Å². The second-order valence-corrected chi connectivity index (χ2v) is 7.68. The Morgan fingerprint density at radius 3 is 2.61 bits per heavy atom. The van der Waals surface area contributed by atoms with Crippen molar-refractivity contribution in [1.29, 1.82) is 0 Å². The summed E-state index contributed by atoms with van der Waals surface area (Å²) in [6, 6.07) is 4.86. The molecular formula is C22H25ClN4O4. The van der Waals surface area contributed by atoms with E-state index in [4.69, 9.17) is 16.3 Å². The number of aromatic nitrogens is 3. The van der Waals surface area contributed by atoms with Crippen molar-refractivity contribution >= 4 is 34.4 Å². The second-order valence-electron chi connectivity index (χ2n) is 7.25. The maximum Gasteiger partial charge on any atom is 0.340 e. The van der Waals surface area contributed by atoms with Crippen molar-refractivity contribution in [3.63, 3.8) is 0 Å². The van der Waals surface area contributed by atoms with E-state index in [1.165, 1.54) is 0 Å². The molecule has 3 aromatic rings. The zero-order chi connectivity index (χ0) is 22.7. The Hall–Kier alpha value is -3.13. The molecule has 164 valence electrons. The molecule has 0 aliphatic heterocycles. The van der Waals surface area contributed by atoms with Gasteiger partial charge in [0, 0.05) is 17.3 Å². The number of carbonyl (C=O) groups is 2. The van der Waals surface area contributed by atoms with Crippen LogP contribution in [0.5, 0.6) is 0 Å². The van der Waals surface area contributed by atoms with Gasteiger partial charge in [0.05, 0.1) is 29.6 Å². The van der Waals surface area contributed by atoms with E-state index in [1.807, 2.05) is 6.92 Å². The number of nitrogens with zero attached hydrogens (tertiary/aromatic N) is 2. The molecule has 9 heteroatoms. The number of hydrogen-bond acceptors (Lipinski definition) is 5. The Morgan fingerprint density at radius 2 is 1.94 bits per heavy atom. The molecular weight excluding hydrogens is 420 g/mol. The van der Waals surface area contributed by atoms with Crippen LogP contribution in [0.4, 0.5) is 0 Å². The summed E-state index contributed by atoms with van der Waals surface area (Å²) in [6.45, 7) is 7.93. The van der Waals surface area contributed by atoms with Gasteiger partial charge >= 0.3 is 5.97 Å². The van der Waals surface area contributed by atoms with E-state index in [0.29, 0.717) is 57.2 Å². The van der Waals surface area contributed by atoms with Gasteiger partial charge < -0.3 is 19.6 Å². The van der Waals surface area contributed by atoms with Gasteiger partial charge in [-0.2, -0.15) is 0 Å². The van der Waals surface area contributed by atoms with Crippen molar-refractivity contribution < 1.29 is 14.3 Å². The standard InChI is InChI=1S/C22H25ClN4O4/c1-5-9-27(11-17-25-16-10-14(23)7-8-15(16)20(28)26-17)21(29)19-12(3)18(13(4)24-19)22(30)31-6-2/h7-8,10,24H,5-6,9,11H2,1-4H3,(H,25,26,28). The fraction of sp³-hybridized carbons (Fsp3) is 0.364. The number of amides is 1. The summed E-state index contributed by atoms with van der Waals surface area (Å²) >= 11 is 6.03. The van der Waals surface area contributed by atoms with Gasteiger partial charge in [0.25, 0.3) is 11.5 Å². The lowest BCUT2D eigenvalue weighted by atomic mass is 10.1. The average Bonchev–Trinajstić information content (AvgIpc) is 3.01. The molecule has 0 saturated carbocycles. The molecule has 0 aliphatic rings. The molecule has 31 heavy (non-hydrogen) atoms. The van der Waals surface area contributed by atoms with Crippen molar-refractivity contribution in [1.82, 2.24) is 19.9 Å². The minimum absolute atomic E-state index is 0.108. The molecule has 2 heterocycles. The number of aromatic amines is 2. The summed E-state index contributed by atoms with van der Waals surface area (Å²) in [5.41, 5.74) is 1.97. The molecule has 3 rings (SSSR count). The van der Waals surface area contributed by atoms with Crippen molar-refractivity contribution in [2.75, 3.05) is 13.2 Å². The summed E-state index contributed by atoms with van der Waals surface area (Å²) in [4.78, 5) is 49.8. The summed E-state index contributed by atoms with van der Waals surface area (Å²) in [6.07, 6.45) is 0.707. The normalized spacial score (nSPS) is 11.0. The highest BCUT2D eigenvalue weighted by Crippen LogP contribution is 2.21. The highest BCUT2D eigenvalue weighted by Gasteiger charge is 2.26. The van der Waals surface area contributed by atoms with E-state index >= 15 is 0 Å². The largest absolute Gasteiger partial charge is 0.462 e. The fourth-order valence-electron chi connectivity index (χ4n) is 3.57. The third-order valence-electron chi connectivity index (χ3n) is 4.97. The molecule has 0 bridgehead atoms. The zero-order valence-corrected chi connectivity index (χ0v) is 18.7. The first kappa shape index (κ1) is 22.6. The highest BCUT2D eigenvalue weighted by atomic mass is 35.5. The van der Waals surface area contributed by atoms with Crippen LogP contribution < -0.4 is 5.56 Å². The number of carbonyl (C=O) groups excluding carboxylic acids is 2. The summed E-state index contributed by atoms with van der Waals surface area (Å²) in [7, 11) is 0. The molecule has 0 spiro atoms. The lowest BCUT2D eigenvalue weighted by Crippen LogP contribution is -2.33. The molecule has 0 fully saturated rings. The van der Waals surface area contributed by atoms with Crippen LogP contribution in [-0.2, 0) is 11.3 Å². The molecule has 0 saturated heterocycles. The minimum Gasteiger partial charge on any atom is -0.462 e. The predicted molar refractivity (Wildman–Crippen MR) is 119 cm³/mol. The quantitative estimate of drug-likeness (QED) is 0.539. The van der Waals surface area contributed by atoms with Crippen LogP contribution in [0.25, 0.3) is 10.9 Å². The van der Waals surface area contributed by atoms with Crippen molar-refractivity contribution in [2.45, 2.75) is 40.7 Å². The molecule has 2 aromatic heterocycles. The molecule has 2 N–H and O–H groups in total. The average molecular weight is 445 g/mol. The topological polar surface area (TPSA) is 108 Å². The third-order valence-corrected chi connectivity index (χ3v) is 5.21. The Bertz CT molecular complexity index is 1200. The monoisotopic (exact) mass is 444 g/mol. The summed E-state index contributed by atoms with van der Waals surface area (Å²) in [5.74, 6) is -0.396. The fourth-order valence-corrected chi connectivity index (χ4v) is 3.74. The van der Waals surface area contributed by atoms with Crippen LogP contribution >= 0.6 is 11.6 Å². The number of nitrogens with one attached hydrogen (secondary N) is 2. The molecule has 8 nitrogen and oxygen atoms in total. The zero-order valence-electron chi connectivity index (χ0n) is 18.0. The first-order valence-electron chi connectivity index (χ1n) is 10.1. The Balaban J connectivity index is 1.95. The number of halogens is 1. The molecule has 0 unspecified atom stereocenters. The predicted octanol–water partition coefficient (Wildman–Crippen LogP) is 3.75. The lowest BCUT2D eigenvalue weighted by molar-refractivity contribution is 0.0525. The number of rotatable bonds is 7. The van der Waals surface area contributed by atoms with E-state index in [-0.39, 0.29) is 24.6 Å². The van der Waals surface area contributed by atoms with Gasteiger partial charge in [-0.25, -0.2) is 9.78 Å². The van der Waals surface area contributed by atoms with E-state index in [1.54, 1.807) is 43.9 Å². The second kappa shape index (κ2) is 9.34. The first-order chi connectivity index (χ1) is 14.8. The van der Waals surface area contributed by atoms with Gasteiger partial charge in [0.15, 0.2) is 0 Å². The van der Waals surface area contributed by atoms with E-state index in [9.17, 15) is 14.4 Å². The molecule has 1 aromatic carbocycles. The Kier molecular flexibility index (Phi) is 6.80. The van der Waals surface area contributed by atoms with Gasteiger partial charge in [-0.15, -0.1) is 0 Å². The van der Waals surface area contributed by atoms with Gasteiger partial charge in [-0.05, 0) is 51.0 Å². The maximum absolute atomic E-state index is 13.3.